The lowest BCUT2D eigenvalue weighted by Crippen LogP contribution is -2.44. The third-order valence-electron chi connectivity index (χ3n) is 5.59. The van der Waals surface area contributed by atoms with E-state index in [1.807, 2.05) is 37.7 Å². The van der Waals surface area contributed by atoms with Gasteiger partial charge < -0.3 is 20.3 Å². The maximum atomic E-state index is 12.7. The van der Waals surface area contributed by atoms with E-state index < -0.39 is 6.61 Å². The Morgan fingerprint density at radius 3 is 2.72 bits per heavy atom. The second-order valence-corrected chi connectivity index (χ2v) is 7.71. The van der Waals surface area contributed by atoms with Crippen molar-refractivity contribution in [1.82, 2.24) is 20.4 Å². The molecule has 1 fully saturated rings. The number of halogens is 3. The number of hydrogen-bond donors (Lipinski definition) is 2. The van der Waals surface area contributed by atoms with Gasteiger partial charge in [-0.25, -0.2) is 0 Å². The first-order chi connectivity index (χ1) is 14.9. The minimum Gasteiger partial charge on any atom is -0.433 e. The van der Waals surface area contributed by atoms with Crippen LogP contribution in [-0.4, -0.2) is 54.6 Å². The predicted octanol–water partition coefficient (Wildman–Crippen LogP) is 3.63. The van der Waals surface area contributed by atoms with Crippen LogP contribution in [-0.2, 0) is 13.5 Å². The molecule has 1 unspecified atom stereocenters. The van der Waals surface area contributed by atoms with E-state index in [4.69, 9.17) is 9.73 Å². The number of alkyl halides is 2. The number of aliphatic imine (C=N–C) groups is 1. The van der Waals surface area contributed by atoms with E-state index in [2.05, 4.69) is 27.6 Å². The number of para-hydroxylation sites is 2. The van der Waals surface area contributed by atoms with Gasteiger partial charge in [-0.15, -0.1) is 24.0 Å². The zero-order chi connectivity index (χ0) is 22.4. The van der Waals surface area contributed by atoms with Crippen LogP contribution in [0.25, 0.3) is 0 Å². The molecule has 10 heteroatoms. The molecule has 1 aromatic carbocycles. The second-order valence-electron chi connectivity index (χ2n) is 7.71. The van der Waals surface area contributed by atoms with Gasteiger partial charge in [0.15, 0.2) is 5.96 Å². The monoisotopic (exact) mass is 562 g/mol. The second kappa shape index (κ2) is 12.2. The van der Waals surface area contributed by atoms with Gasteiger partial charge in [-0.2, -0.15) is 13.9 Å². The van der Waals surface area contributed by atoms with Gasteiger partial charge in [-0.1, -0.05) is 12.1 Å². The van der Waals surface area contributed by atoms with Crippen LogP contribution < -0.4 is 20.3 Å². The third-order valence-corrected chi connectivity index (χ3v) is 5.59. The molecule has 0 radical (unpaired) electrons. The Balaban J connectivity index is 0.00000363. The molecule has 178 valence electrons. The van der Waals surface area contributed by atoms with Crippen molar-refractivity contribution in [2.24, 2.45) is 12.0 Å². The number of rotatable bonds is 8. The minimum atomic E-state index is -2.84. The number of nitrogens with zero attached hydrogens (tertiary/aromatic N) is 4. The van der Waals surface area contributed by atoms with Crippen LogP contribution in [0.4, 0.5) is 14.5 Å². The van der Waals surface area contributed by atoms with Gasteiger partial charge >= 0.3 is 6.61 Å². The van der Waals surface area contributed by atoms with E-state index in [1.54, 1.807) is 12.1 Å². The summed E-state index contributed by atoms with van der Waals surface area (Å²) in [5, 5.41) is 11.2. The molecule has 2 heterocycles. The normalized spacial score (nSPS) is 16.3. The molecule has 0 spiro atoms. The molecule has 1 aliphatic heterocycles. The van der Waals surface area contributed by atoms with Gasteiger partial charge in [0.25, 0.3) is 0 Å². The van der Waals surface area contributed by atoms with Crippen molar-refractivity contribution in [3.8, 4) is 5.75 Å². The van der Waals surface area contributed by atoms with Crippen molar-refractivity contribution >= 4 is 35.6 Å². The number of nitrogens with one attached hydrogen (secondary N) is 2. The summed E-state index contributed by atoms with van der Waals surface area (Å²) in [7, 11) is 1.96. The van der Waals surface area contributed by atoms with E-state index in [-0.39, 0.29) is 35.8 Å². The van der Waals surface area contributed by atoms with Crippen molar-refractivity contribution in [2.75, 3.05) is 31.1 Å². The van der Waals surface area contributed by atoms with Gasteiger partial charge in [-0.3, -0.25) is 9.67 Å². The van der Waals surface area contributed by atoms with Crippen molar-refractivity contribution in [2.45, 2.75) is 46.3 Å². The number of anilines is 1. The number of benzene rings is 1. The summed E-state index contributed by atoms with van der Waals surface area (Å²) in [6, 6.07) is 7.10. The summed E-state index contributed by atoms with van der Waals surface area (Å²) >= 11 is 0. The van der Waals surface area contributed by atoms with E-state index in [0.29, 0.717) is 18.8 Å². The highest BCUT2D eigenvalue weighted by Gasteiger charge is 2.26. The fraction of sp³-hybridized carbons (Fsp3) is 0.545. The Hall–Kier alpha value is -2.11. The lowest BCUT2D eigenvalue weighted by Gasteiger charge is -2.22. The molecule has 1 saturated heterocycles. The Kier molecular flexibility index (Phi) is 9.98. The Labute approximate surface area is 205 Å². The topological polar surface area (TPSA) is 66.7 Å². The molecule has 7 nitrogen and oxygen atoms in total. The Morgan fingerprint density at radius 2 is 2.06 bits per heavy atom. The zero-order valence-corrected chi connectivity index (χ0v) is 21.4. The molecule has 3 rings (SSSR count). The fourth-order valence-corrected chi connectivity index (χ4v) is 3.98. The first kappa shape index (κ1) is 26.1. The quantitative estimate of drug-likeness (QED) is 0.293. The Morgan fingerprint density at radius 1 is 1.31 bits per heavy atom. The average molecular weight is 562 g/mol. The summed E-state index contributed by atoms with van der Waals surface area (Å²) in [6.07, 6.45) is 1.71. The van der Waals surface area contributed by atoms with Gasteiger partial charge in [0.05, 0.1) is 11.4 Å². The van der Waals surface area contributed by atoms with Crippen LogP contribution in [0, 0.1) is 13.8 Å². The summed E-state index contributed by atoms with van der Waals surface area (Å²) in [5.74, 6) is 0.978. The van der Waals surface area contributed by atoms with Crippen LogP contribution in [0.5, 0.6) is 5.75 Å². The van der Waals surface area contributed by atoms with Crippen molar-refractivity contribution in [1.29, 1.82) is 0 Å². The van der Waals surface area contributed by atoms with Crippen LogP contribution in [0.3, 0.4) is 0 Å². The molecule has 0 saturated carbocycles. The molecule has 32 heavy (non-hydrogen) atoms. The molecule has 1 aromatic heterocycles. The maximum Gasteiger partial charge on any atom is 0.387 e. The first-order valence-corrected chi connectivity index (χ1v) is 10.7. The number of hydrogen-bond acceptors (Lipinski definition) is 4. The number of aryl methyl sites for hydroxylation is 2. The lowest BCUT2D eigenvalue weighted by atomic mass is 10.1. The molecule has 0 amide bonds. The standard InChI is InChI=1S/C22H32F2N6O.HI/c1-5-25-22(26-12-10-18-15(2)28-29(4)16(18)3)27-17-11-13-30(14-17)19-8-6-7-9-20(19)31-21(23)24;/h6-9,17,21H,5,10-14H2,1-4H3,(H2,25,26,27);1H. The predicted molar refractivity (Wildman–Crippen MR) is 135 cm³/mol. The summed E-state index contributed by atoms with van der Waals surface area (Å²) < 4.78 is 32.1. The molecule has 1 atom stereocenters. The van der Waals surface area contributed by atoms with E-state index in [1.165, 1.54) is 11.3 Å². The number of aromatic nitrogens is 2. The van der Waals surface area contributed by atoms with E-state index >= 15 is 0 Å². The largest absolute Gasteiger partial charge is 0.433 e. The van der Waals surface area contributed by atoms with E-state index in [0.717, 1.165) is 37.6 Å². The van der Waals surface area contributed by atoms with Crippen molar-refractivity contribution in [3.63, 3.8) is 0 Å². The molecule has 2 N–H and O–H groups in total. The summed E-state index contributed by atoms with van der Waals surface area (Å²) in [6.45, 7) is 6.17. The molecule has 2 aromatic rings. The van der Waals surface area contributed by atoms with E-state index in [9.17, 15) is 8.78 Å². The molecule has 1 aliphatic rings. The van der Waals surface area contributed by atoms with Crippen LogP contribution in [0.2, 0.25) is 0 Å². The van der Waals surface area contributed by atoms with Crippen molar-refractivity contribution in [3.05, 3.63) is 41.2 Å². The smallest absolute Gasteiger partial charge is 0.387 e. The van der Waals surface area contributed by atoms with Crippen LogP contribution >= 0.6 is 24.0 Å². The number of guanidine groups is 1. The molecule has 0 aliphatic carbocycles. The van der Waals surface area contributed by atoms with Crippen molar-refractivity contribution < 1.29 is 13.5 Å². The van der Waals surface area contributed by atoms with Gasteiger partial charge in [0.2, 0.25) is 0 Å². The summed E-state index contributed by atoms with van der Waals surface area (Å²) in [5.41, 5.74) is 4.15. The highest BCUT2D eigenvalue weighted by molar-refractivity contribution is 14.0. The SMILES string of the molecule is CCNC(=NCCc1c(C)nn(C)c1C)NC1CCN(c2ccccc2OC(F)F)C1.I. The van der Waals surface area contributed by atoms with Crippen LogP contribution in [0.1, 0.15) is 30.3 Å². The molecule has 0 bridgehead atoms. The molecular weight excluding hydrogens is 529 g/mol. The first-order valence-electron chi connectivity index (χ1n) is 10.7. The minimum absolute atomic E-state index is 0. The third kappa shape index (κ3) is 6.69. The highest BCUT2D eigenvalue weighted by Crippen LogP contribution is 2.31. The lowest BCUT2D eigenvalue weighted by molar-refractivity contribution is -0.0495. The van der Waals surface area contributed by atoms with Gasteiger partial charge in [0.1, 0.15) is 5.75 Å². The maximum absolute atomic E-state index is 12.7. The van der Waals surface area contributed by atoms with Crippen LogP contribution in [0.15, 0.2) is 29.3 Å². The van der Waals surface area contributed by atoms with Gasteiger partial charge in [0, 0.05) is 45.0 Å². The average Bonchev–Trinajstić information content (AvgIpc) is 3.27. The zero-order valence-electron chi connectivity index (χ0n) is 19.1. The fourth-order valence-electron chi connectivity index (χ4n) is 3.98. The summed E-state index contributed by atoms with van der Waals surface area (Å²) in [4.78, 5) is 6.80. The number of ether oxygens (including phenoxy) is 1. The highest BCUT2D eigenvalue weighted by atomic mass is 127. The van der Waals surface area contributed by atoms with Gasteiger partial charge in [-0.05, 0) is 51.3 Å². The molecular formula is C22H33F2IN6O. The Bertz CT molecular complexity index is 905.